The van der Waals surface area contributed by atoms with E-state index in [0.29, 0.717) is 5.56 Å². The van der Waals surface area contributed by atoms with Gasteiger partial charge in [0.05, 0.1) is 16.8 Å². The molecule has 3 N–H and O–H groups in total. The molecule has 0 aliphatic heterocycles. The van der Waals surface area contributed by atoms with E-state index in [2.05, 4.69) is 10.1 Å². The molecule has 0 atom stereocenters. The minimum atomic E-state index is -0.448. The lowest BCUT2D eigenvalue weighted by Crippen LogP contribution is -1.88. The number of halogens is 1. The summed E-state index contributed by atoms with van der Waals surface area (Å²) in [7, 11) is 0. The van der Waals surface area contributed by atoms with Crippen LogP contribution >= 0.6 is 0 Å². The first-order valence-electron chi connectivity index (χ1n) is 5.83. The quantitative estimate of drug-likeness (QED) is 0.553. The number of phenolic OH excluding ortho intramolecular Hbond substituents is 1. The summed E-state index contributed by atoms with van der Waals surface area (Å²) < 4.78 is 18.7. The van der Waals surface area contributed by atoms with Gasteiger partial charge in [-0.2, -0.15) is 4.98 Å². The minimum absolute atomic E-state index is 0.0769. The molecule has 0 amide bonds. The molecule has 0 aliphatic rings. The van der Waals surface area contributed by atoms with Crippen molar-refractivity contribution in [3.05, 3.63) is 48.3 Å². The van der Waals surface area contributed by atoms with Crippen LogP contribution in [0.2, 0.25) is 0 Å². The SMILES string of the molecule is Nc1cccc(-c2nc(-c3ccccc3F)no2)c1O. The molecule has 100 valence electrons. The first-order valence-corrected chi connectivity index (χ1v) is 5.83. The van der Waals surface area contributed by atoms with Crippen LogP contribution in [0, 0.1) is 5.82 Å². The van der Waals surface area contributed by atoms with E-state index in [-0.39, 0.29) is 28.7 Å². The van der Waals surface area contributed by atoms with Crippen LogP contribution in [-0.2, 0) is 0 Å². The third kappa shape index (κ3) is 1.97. The predicted molar refractivity (Wildman–Crippen MR) is 71.2 cm³/mol. The fourth-order valence-corrected chi connectivity index (χ4v) is 1.82. The van der Waals surface area contributed by atoms with Crippen molar-refractivity contribution in [1.29, 1.82) is 0 Å². The Balaban J connectivity index is 2.07. The number of benzene rings is 2. The molecule has 3 aromatic rings. The van der Waals surface area contributed by atoms with Crippen LogP contribution in [0.1, 0.15) is 0 Å². The Morgan fingerprint density at radius 2 is 1.80 bits per heavy atom. The maximum atomic E-state index is 13.6. The number of nitrogens with two attached hydrogens (primary N) is 1. The second kappa shape index (κ2) is 4.65. The van der Waals surface area contributed by atoms with E-state index in [9.17, 15) is 9.50 Å². The number of aromatic nitrogens is 2. The van der Waals surface area contributed by atoms with E-state index < -0.39 is 5.82 Å². The minimum Gasteiger partial charge on any atom is -0.505 e. The molecule has 0 bridgehead atoms. The average Bonchev–Trinajstić information content (AvgIpc) is 2.92. The molecule has 1 heterocycles. The Morgan fingerprint density at radius 3 is 2.60 bits per heavy atom. The first-order chi connectivity index (χ1) is 9.66. The summed E-state index contributed by atoms with van der Waals surface area (Å²) in [6, 6.07) is 10.9. The van der Waals surface area contributed by atoms with Crippen molar-refractivity contribution in [3.8, 4) is 28.6 Å². The molecule has 0 spiro atoms. The van der Waals surface area contributed by atoms with Crippen LogP contribution in [0.3, 0.4) is 0 Å². The van der Waals surface area contributed by atoms with Gasteiger partial charge in [0.15, 0.2) is 5.75 Å². The fraction of sp³-hybridized carbons (Fsp3) is 0. The van der Waals surface area contributed by atoms with E-state index >= 15 is 0 Å². The summed E-state index contributed by atoms with van der Waals surface area (Å²) in [4.78, 5) is 4.08. The number of hydrogen-bond donors (Lipinski definition) is 2. The predicted octanol–water partition coefficient (Wildman–Crippen LogP) is 2.83. The Hall–Kier alpha value is -2.89. The van der Waals surface area contributed by atoms with Gasteiger partial charge in [-0.25, -0.2) is 4.39 Å². The number of rotatable bonds is 2. The average molecular weight is 271 g/mol. The Kier molecular flexibility index (Phi) is 2.83. The zero-order chi connectivity index (χ0) is 14.1. The van der Waals surface area contributed by atoms with Crippen molar-refractivity contribution in [2.75, 3.05) is 5.73 Å². The fourth-order valence-electron chi connectivity index (χ4n) is 1.82. The van der Waals surface area contributed by atoms with E-state index in [0.717, 1.165) is 0 Å². The summed E-state index contributed by atoms with van der Waals surface area (Å²) in [6.07, 6.45) is 0. The monoisotopic (exact) mass is 271 g/mol. The smallest absolute Gasteiger partial charge is 0.262 e. The molecular weight excluding hydrogens is 261 g/mol. The van der Waals surface area contributed by atoms with Crippen molar-refractivity contribution < 1.29 is 14.0 Å². The molecule has 6 heteroatoms. The van der Waals surface area contributed by atoms with Gasteiger partial charge in [0, 0.05) is 0 Å². The number of para-hydroxylation sites is 1. The topological polar surface area (TPSA) is 85.2 Å². The molecule has 20 heavy (non-hydrogen) atoms. The summed E-state index contributed by atoms with van der Waals surface area (Å²) in [5.74, 6) is -0.402. The van der Waals surface area contributed by atoms with Gasteiger partial charge in [-0.15, -0.1) is 0 Å². The van der Waals surface area contributed by atoms with Crippen LogP contribution in [0.25, 0.3) is 22.8 Å². The number of hydrogen-bond acceptors (Lipinski definition) is 5. The number of phenols is 1. The normalized spacial score (nSPS) is 10.7. The van der Waals surface area contributed by atoms with Crippen molar-refractivity contribution in [3.63, 3.8) is 0 Å². The van der Waals surface area contributed by atoms with E-state index in [4.69, 9.17) is 10.3 Å². The summed E-state index contributed by atoms with van der Waals surface area (Å²) in [5.41, 5.74) is 6.34. The van der Waals surface area contributed by atoms with Gasteiger partial charge in [0.1, 0.15) is 5.82 Å². The van der Waals surface area contributed by atoms with Crippen LogP contribution in [-0.4, -0.2) is 15.2 Å². The summed E-state index contributed by atoms with van der Waals surface area (Å²) in [6.45, 7) is 0. The Labute approximate surface area is 113 Å². The zero-order valence-corrected chi connectivity index (χ0v) is 10.2. The first kappa shape index (κ1) is 12.2. The van der Waals surface area contributed by atoms with E-state index in [1.165, 1.54) is 6.07 Å². The molecular formula is C14H10FN3O2. The van der Waals surface area contributed by atoms with Crippen molar-refractivity contribution in [2.45, 2.75) is 0 Å². The second-order valence-electron chi connectivity index (χ2n) is 4.15. The molecule has 0 fully saturated rings. The number of nitrogens with zero attached hydrogens (tertiary/aromatic N) is 2. The zero-order valence-electron chi connectivity index (χ0n) is 10.2. The lowest BCUT2D eigenvalue weighted by molar-refractivity contribution is 0.425. The highest BCUT2D eigenvalue weighted by Crippen LogP contribution is 2.33. The molecule has 5 nitrogen and oxygen atoms in total. The third-order valence-electron chi connectivity index (χ3n) is 2.84. The molecule has 0 unspecified atom stereocenters. The van der Waals surface area contributed by atoms with Crippen LogP contribution < -0.4 is 5.73 Å². The summed E-state index contributed by atoms with van der Waals surface area (Å²) >= 11 is 0. The maximum Gasteiger partial charge on any atom is 0.262 e. The standard InChI is InChI=1S/C14H10FN3O2/c15-10-6-2-1-4-8(10)13-17-14(20-18-13)9-5-3-7-11(16)12(9)19/h1-7,19H,16H2. The third-order valence-corrected chi connectivity index (χ3v) is 2.84. The van der Waals surface area contributed by atoms with Crippen molar-refractivity contribution in [1.82, 2.24) is 10.1 Å². The molecule has 0 saturated carbocycles. The molecule has 0 aliphatic carbocycles. The second-order valence-corrected chi connectivity index (χ2v) is 4.15. The number of anilines is 1. The largest absolute Gasteiger partial charge is 0.505 e. The Morgan fingerprint density at radius 1 is 1.05 bits per heavy atom. The van der Waals surface area contributed by atoms with Gasteiger partial charge in [-0.3, -0.25) is 0 Å². The number of aromatic hydroxyl groups is 1. The van der Waals surface area contributed by atoms with Gasteiger partial charge in [0.25, 0.3) is 5.89 Å². The lowest BCUT2D eigenvalue weighted by atomic mass is 10.1. The van der Waals surface area contributed by atoms with E-state index in [1.807, 2.05) is 0 Å². The molecule has 2 aromatic carbocycles. The summed E-state index contributed by atoms with van der Waals surface area (Å²) in [5, 5.41) is 13.6. The number of nitrogen functional groups attached to an aromatic ring is 1. The molecule has 3 rings (SSSR count). The Bertz CT molecular complexity index is 771. The van der Waals surface area contributed by atoms with Crippen molar-refractivity contribution in [2.24, 2.45) is 0 Å². The maximum absolute atomic E-state index is 13.6. The van der Waals surface area contributed by atoms with Gasteiger partial charge in [-0.1, -0.05) is 23.4 Å². The van der Waals surface area contributed by atoms with Crippen molar-refractivity contribution >= 4 is 5.69 Å². The van der Waals surface area contributed by atoms with Gasteiger partial charge < -0.3 is 15.4 Å². The highest BCUT2D eigenvalue weighted by Gasteiger charge is 2.16. The molecule has 1 aromatic heterocycles. The van der Waals surface area contributed by atoms with Crippen LogP contribution in [0.4, 0.5) is 10.1 Å². The van der Waals surface area contributed by atoms with Gasteiger partial charge in [0.2, 0.25) is 5.82 Å². The van der Waals surface area contributed by atoms with Gasteiger partial charge in [-0.05, 0) is 24.3 Å². The molecule has 0 radical (unpaired) electrons. The lowest BCUT2D eigenvalue weighted by Gasteiger charge is -2.01. The van der Waals surface area contributed by atoms with Crippen LogP contribution in [0.5, 0.6) is 5.75 Å². The van der Waals surface area contributed by atoms with E-state index in [1.54, 1.807) is 36.4 Å². The molecule has 0 saturated heterocycles. The van der Waals surface area contributed by atoms with Gasteiger partial charge >= 0.3 is 0 Å². The highest BCUT2D eigenvalue weighted by molar-refractivity contribution is 5.72. The highest BCUT2D eigenvalue weighted by atomic mass is 19.1. The van der Waals surface area contributed by atoms with Crippen LogP contribution in [0.15, 0.2) is 47.0 Å².